The van der Waals surface area contributed by atoms with Gasteiger partial charge in [0, 0.05) is 27.5 Å². The Morgan fingerprint density at radius 1 is 0.477 bits per heavy atom. The molecule has 4 nitrogen and oxygen atoms in total. The fourth-order valence-corrected chi connectivity index (χ4v) is 7.22. The van der Waals surface area contributed by atoms with E-state index in [9.17, 15) is 0 Å². The third-order valence-corrected chi connectivity index (χ3v) is 9.26. The first-order valence-electron chi connectivity index (χ1n) is 15.1. The quantitative estimate of drug-likeness (QED) is 0.214. The lowest BCUT2D eigenvalue weighted by atomic mass is 9.82. The summed E-state index contributed by atoms with van der Waals surface area (Å²) in [6.07, 6.45) is 0. The SMILES string of the molecule is CC1(C)c2ccccc2-c2c(-c3nc(-c4ccccc4)nc(N4c5ccccc5-c5cccc6cccc4c56)n3)cccc21. The highest BCUT2D eigenvalue weighted by molar-refractivity contribution is 6.13. The van der Waals surface area contributed by atoms with E-state index in [-0.39, 0.29) is 5.41 Å². The maximum Gasteiger partial charge on any atom is 0.238 e. The van der Waals surface area contributed by atoms with Crippen LogP contribution in [0.1, 0.15) is 25.0 Å². The Morgan fingerprint density at radius 2 is 1.09 bits per heavy atom. The van der Waals surface area contributed by atoms with Gasteiger partial charge in [-0.1, -0.05) is 135 Å². The number of para-hydroxylation sites is 1. The van der Waals surface area contributed by atoms with Crippen molar-refractivity contribution in [3.63, 3.8) is 0 Å². The maximum atomic E-state index is 5.31. The lowest BCUT2D eigenvalue weighted by molar-refractivity contribution is 0.660. The molecule has 0 unspecified atom stereocenters. The fraction of sp³-hybridized carbons (Fsp3) is 0.0750. The van der Waals surface area contributed by atoms with Crippen LogP contribution in [0.15, 0.2) is 133 Å². The molecule has 0 amide bonds. The number of aromatic nitrogens is 3. The van der Waals surface area contributed by atoms with Crippen LogP contribution in [0.4, 0.5) is 17.3 Å². The maximum absolute atomic E-state index is 5.31. The standard InChI is InChI=1S/C40H28N4/c1-40(2)31-21-8-6-18-29(31)36-30(20-12-22-32(36)40)38-41-37(26-13-4-3-5-14-26)42-39(43-38)44-33-23-9-7-17-27(33)28-19-10-15-25-16-11-24-34(44)35(25)28/h3-24H,1-2H3. The van der Waals surface area contributed by atoms with E-state index in [1.54, 1.807) is 0 Å². The summed E-state index contributed by atoms with van der Waals surface area (Å²) in [6, 6.07) is 47.0. The van der Waals surface area contributed by atoms with Gasteiger partial charge in [0.25, 0.3) is 0 Å². The van der Waals surface area contributed by atoms with Crippen molar-refractivity contribution < 1.29 is 0 Å². The molecular weight excluding hydrogens is 536 g/mol. The summed E-state index contributed by atoms with van der Waals surface area (Å²) < 4.78 is 0. The van der Waals surface area contributed by atoms with E-state index >= 15 is 0 Å². The average molecular weight is 565 g/mol. The monoisotopic (exact) mass is 564 g/mol. The summed E-state index contributed by atoms with van der Waals surface area (Å²) in [5, 5.41) is 2.39. The van der Waals surface area contributed by atoms with Gasteiger partial charge in [0.1, 0.15) is 0 Å². The van der Waals surface area contributed by atoms with Gasteiger partial charge in [-0.05, 0) is 45.3 Å². The second-order valence-corrected chi connectivity index (χ2v) is 12.1. The number of fused-ring (bicyclic) bond motifs is 5. The molecule has 7 aromatic rings. The lowest BCUT2D eigenvalue weighted by Crippen LogP contribution is -2.18. The van der Waals surface area contributed by atoms with E-state index in [1.807, 2.05) is 18.2 Å². The van der Waals surface area contributed by atoms with Crippen LogP contribution in [0.25, 0.3) is 55.8 Å². The molecule has 0 radical (unpaired) electrons. The van der Waals surface area contributed by atoms with Crippen molar-refractivity contribution in [2.45, 2.75) is 19.3 Å². The Hall–Kier alpha value is -5.61. The van der Waals surface area contributed by atoms with Gasteiger partial charge in [0.05, 0.1) is 11.4 Å². The van der Waals surface area contributed by atoms with Gasteiger partial charge < -0.3 is 0 Å². The first kappa shape index (κ1) is 24.9. The number of hydrogen-bond donors (Lipinski definition) is 0. The van der Waals surface area contributed by atoms with Crippen molar-refractivity contribution in [2.75, 3.05) is 4.90 Å². The summed E-state index contributed by atoms with van der Waals surface area (Å²) >= 11 is 0. The van der Waals surface area contributed by atoms with E-state index in [0.29, 0.717) is 17.6 Å². The molecule has 1 aliphatic carbocycles. The molecule has 0 bridgehead atoms. The van der Waals surface area contributed by atoms with Crippen LogP contribution < -0.4 is 4.90 Å². The zero-order chi connectivity index (χ0) is 29.4. The van der Waals surface area contributed by atoms with Crippen LogP contribution >= 0.6 is 0 Å². The summed E-state index contributed by atoms with van der Waals surface area (Å²) in [4.78, 5) is 17.9. The Labute approximate surface area is 256 Å². The first-order valence-corrected chi connectivity index (χ1v) is 15.1. The van der Waals surface area contributed by atoms with E-state index in [0.717, 1.165) is 28.1 Å². The summed E-state index contributed by atoms with van der Waals surface area (Å²) in [5.74, 6) is 1.92. The van der Waals surface area contributed by atoms with E-state index in [1.165, 1.54) is 38.6 Å². The second kappa shape index (κ2) is 9.19. The summed E-state index contributed by atoms with van der Waals surface area (Å²) in [6.45, 7) is 4.61. The molecule has 1 aromatic heterocycles. The van der Waals surface area contributed by atoms with Gasteiger partial charge >= 0.3 is 0 Å². The number of rotatable bonds is 3. The Bertz CT molecular complexity index is 2260. The minimum absolute atomic E-state index is 0.120. The first-order chi connectivity index (χ1) is 21.6. The molecule has 0 fully saturated rings. The van der Waals surface area contributed by atoms with Crippen LogP contribution in [0.2, 0.25) is 0 Å². The van der Waals surface area contributed by atoms with E-state index in [4.69, 9.17) is 15.0 Å². The molecule has 0 saturated carbocycles. The molecule has 6 aromatic carbocycles. The molecule has 0 saturated heterocycles. The van der Waals surface area contributed by atoms with Gasteiger partial charge in [-0.25, -0.2) is 4.98 Å². The summed E-state index contributed by atoms with van der Waals surface area (Å²) in [7, 11) is 0. The average Bonchev–Trinajstić information content (AvgIpc) is 3.32. The van der Waals surface area contributed by atoms with Crippen LogP contribution in [0.5, 0.6) is 0 Å². The molecule has 1 aliphatic heterocycles. The van der Waals surface area contributed by atoms with Gasteiger partial charge in [-0.3, -0.25) is 4.90 Å². The number of benzene rings is 6. The predicted molar refractivity (Wildman–Crippen MR) is 179 cm³/mol. The second-order valence-electron chi connectivity index (χ2n) is 12.1. The molecule has 4 heteroatoms. The zero-order valence-electron chi connectivity index (χ0n) is 24.5. The molecule has 208 valence electrons. The molecule has 0 N–H and O–H groups in total. The Kier molecular flexibility index (Phi) is 5.21. The molecule has 2 aliphatic rings. The van der Waals surface area contributed by atoms with Gasteiger partial charge in [-0.2, -0.15) is 9.97 Å². The minimum Gasteiger partial charge on any atom is -0.278 e. The lowest BCUT2D eigenvalue weighted by Gasteiger charge is -2.32. The molecule has 2 heterocycles. The van der Waals surface area contributed by atoms with Crippen LogP contribution in [-0.2, 0) is 5.41 Å². The van der Waals surface area contributed by atoms with Crippen LogP contribution in [0.3, 0.4) is 0 Å². The Morgan fingerprint density at radius 3 is 1.95 bits per heavy atom. The third-order valence-electron chi connectivity index (χ3n) is 9.26. The number of hydrogen-bond acceptors (Lipinski definition) is 4. The van der Waals surface area contributed by atoms with Crippen molar-refractivity contribution >= 4 is 28.1 Å². The third kappa shape index (κ3) is 3.48. The molecule has 0 spiro atoms. The number of anilines is 3. The van der Waals surface area contributed by atoms with Crippen molar-refractivity contribution in [2.24, 2.45) is 0 Å². The van der Waals surface area contributed by atoms with Crippen LogP contribution in [-0.4, -0.2) is 15.0 Å². The zero-order valence-corrected chi connectivity index (χ0v) is 24.5. The highest BCUT2D eigenvalue weighted by Crippen LogP contribution is 2.53. The molecule has 9 rings (SSSR count). The topological polar surface area (TPSA) is 41.9 Å². The van der Waals surface area contributed by atoms with E-state index in [2.05, 4.69) is 134 Å². The highest BCUT2D eigenvalue weighted by atomic mass is 15.3. The number of nitrogens with zero attached hydrogens (tertiary/aromatic N) is 4. The summed E-state index contributed by atoms with van der Waals surface area (Å²) in [5.41, 5.74) is 11.4. The Balaban J connectivity index is 1.35. The normalized spacial score (nSPS) is 13.8. The van der Waals surface area contributed by atoms with E-state index < -0.39 is 0 Å². The smallest absolute Gasteiger partial charge is 0.238 e. The van der Waals surface area contributed by atoms with Gasteiger partial charge in [0.2, 0.25) is 5.95 Å². The van der Waals surface area contributed by atoms with Crippen LogP contribution in [0, 0.1) is 0 Å². The molecular formula is C40H28N4. The predicted octanol–water partition coefficient (Wildman–Crippen LogP) is 10.1. The van der Waals surface area contributed by atoms with Crippen molar-refractivity contribution in [1.82, 2.24) is 15.0 Å². The molecule has 0 atom stereocenters. The fourth-order valence-electron chi connectivity index (χ4n) is 7.22. The van der Waals surface area contributed by atoms with Gasteiger partial charge in [-0.15, -0.1) is 0 Å². The minimum atomic E-state index is -0.120. The van der Waals surface area contributed by atoms with Gasteiger partial charge in [0.15, 0.2) is 11.6 Å². The molecule has 44 heavy (non-hydrogen) atoms. The largest absolute Gasteiger partial charge is 0.278 e. The highest BCUT2D eigenvalue weighted by Gasteiger charge is 2.37. The van der Waals surface area contributed by atoms with Crippen molar-refractivity contribution in [3.05, 3.63) is 145 Å². The van der Waals surface area contributed by atoms with Crippen molar-refractivity contribution in [1.29, 1.82) is 0 Å². The van der Waals surface area contributed by atoms with Crippen molar-refractivity contribution in [3.8, 4) is 45.0 Å².